The quantitative estimate of drug-likeness (QED) is 0.666. The minimum atomic E-state index is -0.0367. The van der Waals surface area contributed by atoms with E-state index in [-0.39, 0.29) is 5.56 Å². The van der Waals surface area contributed by atoms with Gasteiger partial charge in [-0.3, -0.25) is 14.5 Å². The summed E-state index contributed by atoms with van der Waals surface area (Å²) in [6.45, 7) is 0. The minimum absolute atomic E-state index is 0.0367. The molecule has 0 spiro atoms. The molecule has 1 N–H and O–H groups in total. The van der Waals surface area contributed by atoms with Gasteiger partial charge in [-0.15, -0.1) is 0 Å². The Kier molecular flexibility index (Phi) is 1.86. The molecule has 0 fully saturated rings. The number of aromatic nitrogens is 3. The van der Waals surface area contributed by atoms with Crippen LogP contribution in [-0.2, 0) is 0 Å². The van der Waals surface area contributed by atoms with E-state index in [2.05, 4.69) is 10.2 Å². The van der Waals surface area contributed by atoms with Crippen molar-refractivity contribution in [2.75, 3.05) is 0 Å². The highest BCUT2D eigenvalue weighted by Gasteiger charge is 2.00. The highest BCUT2D eigenvalue weighted by molar-refractivity contribution is 5.80. The second-order valence-electron chi connectivity index (χ2n) is 3.55. The molecule has 78 valence electrons. The second-order valence-corrected chi connectivity index (χ2v) is 3.55. The Morgan fingerprint density at radius 1 is 1.19 bits per heavy atom. The number of fused-ring (bicyclic) bond motifs is 1. The normalized spacial score (nSPS) is 10.8. The summed E-state index contributed by atoms with van der Waals surface area (Å²) in [6.07, 6.45) is 3.50. The smallest absolute Gasteiger partial charge is 0.255 e. The van der Waals surface area contributed by atoms with Gasteiger partial charge in [0, 0.05) is 23.3 Å². The molecule has 2 aromatic heterocycles. The van der Waals surface area contributed by atoms with Crippen molar-refractivity contribution in [2.45, 2.75) is 0 Å². The van der Waals surface area contributed by atoms with Gasteiger partial charge in [0.25, 0.3) is 5.56 Å². The molecule has 0 saturated carbocycles. The molecule has 3 aromatic rings. The van der Waals surface area contributed by atoms with Crippen molar-refractivity contribution in [1.82, 2.24) is 14.8 Å². The highest BCUT2D eigenvalue weighted by Crippen LogP contribution is 2.14. The lowest BCUT2D eigenvalue weighted by atomic mass is 10.2. The molecule has 2 heterocycles. The van der Waals surface area contributed by atoms with Crippen molar-refractivity contribution in [3.63, 3.8) is 0 Å². The first-order valence-corrected chi connectivity index (χ1v) is 4.96. The van der Waals surface area contributed by atoms with E-state index in [9.17, 15) is 4.79 Å². The zero-order valence-corrected chi connectivity index (χ0v) is 8.42. The predicted molar refractivity (Wildman–Crippen MR) is 61.7 cm³/mol. The summed E-state index contributed by atoms with van der Waals surface area (Å²) >= 11 is 0. The molecule has 0 atom stereocenters. The van der Waals surface area contributed by atoms with Crippen LogP contribution in [0.2, 0.25) is 0 Å². The Labute approximate surface area is 91.2 Å². The molecule has 0 aliphatic rings. The van der Waals surface area contributed by atoms with Crippen LogP contribution >= 0.6 is 0 Å². The van der Waals surface area contributed by atoms with Gasteiger partial charge in [-0.05, 0) is 24.3 Å². The molecule has 0 radical (unpaired) electrons. The monoisotopic (exact) mass is 211 g/mol. The first-order valence-electron chi connectivity index (χ1n) is 4.96. The van der Waals surface area contributed by atoms with Gasteiger partial charge in [0.2, 0.25) is 0 Å². The first-order chi connectivity index (χ1) is 7.84. The third kappa shape index (κ3) is 1.32. The van der Waals surface area contributed by atoms with Crippen molar-refractivity contribution in [1.29, 1.82) is 0 Å². The van der Waals surface area contributed by atoms with Crippen LogP contribution in [0.25, 0.3) is 16.6 Å². The molecule has 0 aliphatic carbocycles. The summed E-state index contributed by atoms with van der Waals surface area (Å²) < 4.78 is 1.60. The zero-order chi connectivity index (χ0) is 11.0. The minimum Gasteiger partial charge on any atom is -0.284 e. The topological polar surface area (TPSA) is 50.7 Å². The summed E-state index contributed by atoms with van der Waals surface area (Å²) in [5.41, 5.74) is 1.78. The molecule has 0 aliphatic heterocycles. The van der Waals surface area contributed by atoms with Crippen LogP contribution < -0.4 is 5.56 Å². The predicted octanol–water partition coefficient (Wildman–Crippen LogP) is 1.71. The number of nitrogens with one attached hydrogen (secondary N) is 1. The van der Waals surface area contributed by atoms with Gasteiger partial charge in [-0.25, -0.2) is 0 Å². The molecular weight excluding hydrogens is 202 g/mol. The second kappa shape index (κ2) is 3.34. The number of hydrogen-bond acceptors (Lipinski definition) is 2. The van der Waals surface area contributed by atoms with Gasteiger partial charge in [0.05, 0.1) is 11.7 Å². The van der Waals surface area contributed by atoms with E-state index in [0.29, 0.717) is 0 Å². The van der Waals surface area contributed by atoms with E-state index in [1.165, 1.54) is 0 Å². The van der Waals surface area contributed by atoms with Crippen molar-refractivity contribution in [3.8, 4) is 5.69 Å². The van der Waals surface area contributed by atoms with Gasteiger partial charge >= 0.3 is 0 Å². The number of pyridine rings is 1. The van der Waals surface area contributed by atoms with Crippen molar-refractivity contribution in [3.05, 3.63) is 59.1 Å². The number of rotatable bonds is 1. The SMILES string of the molecule is O=c1ccccn1-c1ccc2[nH]ncc2c1. The lowest BCUT2D eigenvalue weighted by Crippen LogP contribution is -2.15. The average Bonchev–Trinajstić information content (AvgIpc) is 2.76. The fourth-order valence-electron chi connectivity index (χ4n) is 1.72. The Hall–Kier alpha value is -2.36. The fourth-order valence-corrected chi connectivity index (χ4v) is 1.72. The van der Waals surface area contributed by atoms with E-state index in [1.807, 2.05) is 24.3 Å². The van der Waals surface area contributed by atoms with E-state index in [4.69, 9.17) is 0 Å². The number of aromatic amines is 1. The summed E-state index contributed by atoms with van der Waals surface area (Å²) in [5, 5.41) is 7.82. The largest absolute Gasteiger partial charge is 0.284 e. The standard InChI is InChI=1S/C12H9N3O/c16-12-3-1-2-6-15(12)10-4-5-11-9(7-10)8-13-14-11/h1-8H,(H,13,14). The molecule has 4 heteroatoms. The Morgan fingerprint density at radius 2 is 2.12 bits per heavy atom. The fraction of sp³-hybridized carbons (Fsp3) is 0. The molecule has 0 saturated heterocycles. The number of benzene rings is 1. The van der Waals surface area contributed by atoms with Crippen LogP contribution in [-0.4, -0.2) is 14.8 Å². The van der Waals surface area contributed by atoms with Crippen molar-refractivity contribution >= 4 is 10.9 Å². The number of hydrogen-bond donors (Lipinski definition) is 1. The Morgan fingerprint density at radius 3 is 3.00 bits per heavy atom. The van der Waals surface area contributed by atoms with Crippen LogP contribution in [0, 0.1) is 0 Å². The molecule has 1 aromatic carbocycles. The maximum atomic E-state index is 11.6. The molecule has 0 amide bonds. The molecule has 0 unspecified atom stereocenters. The summed E-state index contributed by atoms with van der Waals surface area (Å²) in [5.74, 6) is 0. The van der Waals surface area contributed by atoms with Crippen LogP contribution in [0.4, 0.5) is 0 Å². The highest BCUT2D eigenvalue weighted by atomic mass is 16.1. The molecule has 0 bridgehead atoms. The maximum Gasteiger partial charge on any atom is 0.255 e. The molecule has 4 nitrogen and oxygen atoms in total. The third-order valence-electron chi connectivity index (χ3n) is 2.52. The number of nitrogens with zero attached hydrogens (tertiary/aromatic N) is 2. The van der Waals surface area contributed by atoms with E-state index < -0.39 is 0 Å². The summed E-state index contributed by atoms with van der Waals surface area (Å²) in [7, 11) is 0. The van der Waals surface area contributed by atoms with E-state index in [1.54, 1.807) is 29.1 Å². The first kappa shape index (κ1) is 8.91. The van der Waals surface area contributed by atoms with E-state index >= 15 is 0 Å². The maximum absolute atomic E-state index is 11.6. The van der Waals surface area contributed by atoms with E-state index in [0.717, 1.165) is 16.6 Å². The Bertz CT molecular complexity index is 696. The van der Waals surface area contributed by atoms with Crippen LogP contribution in [0.3, 0.4) is 0 Å². The van der Waals surface area contributed by atoms with Crippen LogP contribution in [0.1, 0.15) is 0 Å². The molecule has 3 rings (SSSR count). The average molecular weight is 211 g/mol. The van der Waals surface area contributed by atoms with Gasteiger partial charge in [-0.1, -0.05) is 6.07 Å². The lowest BCUT2D eigenvalue weighted by molar-refractivity contribution is 0.993. The zero-order valence-electron chi connectivity index (χ0n) is 8.42. The van der Waals surface area contributed by atoms with Crippen LogP contribution in [0.5, 0.6) is 0 Å². The van der Waals surface area contributed by atoms with Gasteiger partial charge in [0.1, 0.15) is 0 Å². The van der Waals surface area contributed by atoms with Gasteiger partial charge in [-0.2, -0.15) is 5.10 Å². The Balaban J connectivity index is 2.26. The third-order valence-corrected chi connectivity index (χ3v) is 2.52. The lowest BCUT2D eigenvalue weighted by Gasteiger charge is -2.04. The van der Waals surface area contributed by atoms with Crippen molar-refractivity contribution in [2.24, 2.45) is 0 Å². The van der Waals surface area contributed by atoms with Crippen molar-refractivity contribution < 1.29 is 0 Å². The van der Waals surface area contributed by atoms with Crippen LogP contribution in [0.15, 0.2) is 53.6 Å². The molecular formula is C12H9N3O. The number of H-pyrrole nitrogens is 1. The summed E-state index contributed by atoms with van der Waals surface area (Å²) in [6, 6.07) is 10.8. The van der Waals surface area contributed by atoms with Gasteiger partial charge in [0.15, 0.2) is 0 Å². The molecule has 16 heavy (non-hydrogen) atoms. The van der Waals surface area contributed by atoms with Gasteiger partial charge < -0.3 is 0 Å². The summed E-state index contributed by atoms with van der Waals surface area (Å²) in [4.78, 5) is 11.6.